The Labute approximate surface area is 105 Å². The SMILES string of the molecule is CCOCCCN(CCC#N)CCCOCC. The molecule has 0 heterocycles. The van der Waals surface area contributed by atoms with Gasteiger partial charge in [-0.05, 0) is 26.7 Å². The van der Waals surface area contributed by atoms with E-state index in [1.165, 1.54) is 0 Å². The third-order valence-corrected chi connectivity index (χ3v) is 2.47. The number of nitrogens with zero attached hydrogens (tertiary/aromatic N) is 2. The Morgan fingerprint density at radius 2 is 1.47 bits per heavy atom. The van der Waals surface area contributed by atoms with Gasteiger partial charge in [0.1, 0.15) is 0 Å². The van der Waals surface area contributed by atoms with Crippen molar-refractivity contribution in [3.8, 4) is 6.07 Å². The van der Waals surface area contributed by atoms with Gasteiger partial charge in [-0.1, -0.05) is 0 Å². The predicted molar refractivity (Wildman–Crippen MR) is 68.9 cm³/mol. The first kappa shape index (κ1) is 16.4. The maximum absolute atomic E-state index is 8.61. The molecule has 0 aliphatic heterocycles. The van der Waals surface area contributed by atoms with Crippen LogP contribution in [-0.4, -0.2) is 51.0 Å². The molecule has 100 valence electrons. The van der Waals surface area contributed by atoms with Gasteiger partial charge in [0.25, 0.3) is 0 Å². The van der Waals surface area contributed by atoms with E-state index in [9.17, 15) is 0 Å². The number of hydrogen-bond donors (Lipinski definition) is 0. The Hall–Kier alpha value is -0.630. The molecular formula is C13H26N2O2. The lowest BCUT2D eigenvalue weighted by molar-refractivity contribution is 0.118. The first-order chi connectivity index (χ1) is 8.35. The smallest absolute Gasteiger partial charge is 0.0635 e. The Morgan fingerprint density at radius 3 is 1.88 bits per heavy atom. The van der Waals surface area contributed by atoms with E-state index < -0.39 is 0 Å². The summed E-state index contributed by atoms with van der Waals surface area (Å²) < 4.78 is 10.6. The van der Waals surface area contributed by atoms with E-state index in [4.69, 9.17) is 14.7 Å². The Balaban J connectivity index is 3.60. The number of rotatable bonds is 12. The van der Waals surface area contributed by atoms with Crippen LogP contribution in [0.4, 0.5) is 0 Å². The van der Waals surface area contributed by atoms with Crippen molar-refractivity contribution >= 4 is 0 Å². The monoisotopic (exact) mass is 242 g/mol. The van der Waals surface area contributed by atoms with Crippen molar-refractivity contribution in [2.24, 2.45) is 0 Å². The van der Waals surface area contributed by atoms with Gasteiger partial charge in [-0.15, -0.1) is 0 Å². The second-order valence-corrected chi connectivity index (χ2v) is 3.85. The minimum absolute atomic E-state index is 0.600. The van der Waals surface area contributed by atoms with Crippen molar-refractivity contribution < 1.29 is 9.47 Å². The van der Waals surface area contributed by atoms with Gasteiger partial charge in [0.2, 0.25) is 0 Å². The van der Waals surface area contributed by atoms with E-state index in [2.05, 4.69) is 11.0 Å². The number of nitriles is 1. The van der Waals surface area contributed by atoms with Crippen molar-refractivity contribution in [3.05, 3.63) is 0 Å². The van der Waals surface area contributed by atoms with Gasteiger partial charge < -0.3 is 14.4 Å². The van der Waals surface area contributed by atoms with E-state index in [0.717, 1.165) is 58.9 Å². The van der Waals surface area contributed by atoms with Crippen LogP contribution in [0.2, 0.25) is 0 Å². The lowest BCUT2D eigenvalue weighted by atomic mass is 10.3. The fourth-order valence-electron chi connectivity index (χ4n) is 1.61. The van der Waals surface area contributed by atoms with Crippen LogP contribution in [0, 0.1) is 11.3 Å². The molecule has 0 spiro atoms. The van der Waals surface area contributed by atoms with Crippen LogP contribution in [-0.2, 0) is 9.47 Å². The van der Waals surface area contributed by atoms with Crippen molar-refractivity contribution in [2.45, 2.75) is 33.1 Å². The molecule has 0 rings (SSSR count). The van der Waals surface area contributed by atoms with Crippen LogP contribution in [0.3, 0.4) is 0 Å². The molecule has 0 bridgehead atoms. The van der Waals surface area contributed by atoms with E-state index in [0.29, 0.717) is 6.42 Å². The van der Waals surface area contributed by atoms with Crippen LogP contribution < -0.4 is 0 Å². The highest BCUT2D eigenvalue weighted by Gasteiger charge is 2.04. The zero-order valence-electron chi connectivity index (χ0n) is 11.3. The van der Waals surface area contributed by atoms with Crippen molar-refractivity contribution in [1.29, 1.82) is 5.26 Å². The second-order valence-electron chi connectivity index (χ2n) is 3.85. The van der Waals surface area contributed by atoms with E-state index in [1.54, 1.807) is 0 Å². The maximum atomic E-state index is 8.61. The van der Waals surface area contributed by atoms with E-state index >= 15 is 0 Å². The summed E-state index contributed by atoms with van der Waals surface area (Å²) in [6.07, 6.45) is 2.67. The summed E-state index contributed by atoms with van der Waals surface area (Å²) >= 11 is 0. The van der Waals surface area contributed by atoms with Gasteiger partial charge in [-0.25, -0.2) is 0 Å². The Morgan fingerprint density at radius 1 is 0.941 bits per heavy atom. The summed E-state index contributed by atoms with van der Waals surface area (Å²) in [5.74, 6) is 0. The molecule has 4 nitrogen and oxygen atoms in total. The average molecular weight is 242 g/mol. The molecule has 0 aromatic carbocycles. The summed E-state index contributed by atoms with van der Waals surface area (Å²) in [6.45, 7) is 10.1. The average Bonchev–Trinajstić information content (AvgIpc) is 2.35. The molecule has 4 heteroatoms. The first-order valence-corrected chi connectivity index (χ1v) is 6.59. The Bertz CT molecular complexity index is 180. The van der Waals surface area contributed by atoms with E-state index in [-0.39, 0.29) is 0 Å². The van der Waals surface area contributed by atoms with Gasteiger partial charge in [0, 0.05) is 52.5 Å². The quantitative estimate of drug-likeness (QED) is 0.491. The van der Waals surface area contributed by atoms with Crippen LogP contribution in [0.15, 0.2) is 0 Å². The zero-order valence-corrected chi connectivity index (χ0v) is 11.3. The highest BCUT2D eigenvalue weighted by atomic mass is 16.5. The second kappa shape index (κ2) is 13.4. The molecule has 0 aliphatic rings. The summed E-state index contributed by atoms with van der Waals surface area (Å²) in [5.41, 5.74) is 0. The third-order valence-electron chi connectivity index (χ3n) is 2.47. The number of ether oxygens (including phenoxy) is 2. The lowest BCUT2D eigenvalue weighted by Crippen LogP contribution is -2.28. The molecule has 0 radical (unpaired) electrons. The number of hydrogen-bond acceptors (Lipinski definition) is 4. The molecule has 0 saturated heterocycles. The van der Waals surface area contributed by atoms with Gasteiger partial charge in [0.15, 0.2) is 0 Å². The summed E-state index contributed by atoms with van der Waals surface area (Å²) in [5, 5.41) is 8.61. The fourth-order valence-corrected chi connectivity index (χ4v) is 1.61. The largest absolute Gasteiger partial charge is 0.382 e. The lowest BCUT2D eigenvalue weighted by Gasteiger charge is -2.20. The minimum atomic E-state index is 0.600. The first-order valence-electron chi connectivity index (χ1n) is 6.59. The molecule has 0 atom stereocenters. The molecule has 0 amide bonds. The summed E-state index contributed by atoms with van der Waals surface area (Å²) in [4.78, 5) is 2.32. The maximum Gasteiger partial charge on any atom is 0.0635 e. The molecule has 17 heavy (non-hydrogen) atoms. The van der Waals surface area contributed by atoms with Crippen LogP contribution in [0.25, 0.3) is 0 Å². The molecule has 0 aliphatic carbocycles. The highest BCUT2D eigenvalue weighted by Crippen LogP contribution is 1.97. The topological polar surface area (TPSA) is 45.5 Å². The van der Waals surface area contributed by atoms with Gasteiger partial charge in [-0.3, -0.25) is 0 Å². The molecule has 0 aromatic heterocycles. The third kappa shape index (κ3) is 11.6. The van der Waals surface area contributed by atoms with E-state index in [1.807, 2.05) is 13.8 Å². The Kier molecular flexibility index (Phi) is 12.9. The normalized spacial score (nSPS) is 10.7. The van der Waals surface area contributed by atoms with Gasteiger partial charge >= 0.3 is 0 Å². The van der Waals surface area contributed by atoms with Crippen LogP contribution in [0.5, 0.6) is 0 Å². The summed E-state index contributed by atoms with van der Waals surface area (Å²) in [7, 11) is 0. The molecule has 0 fully saturated rings. The van der Waals surface area contributed by atoms with Crippen molar-refractivity contribution in [1.82, 2.24) is 4.90 Å². The molecular weight excluding hydrogens is 216 g/mol. The van der Waals surface area contributed by atoms with Gasteiger partial charge in [0.05, 0.1) is 6.07 Å². The molecule has 0 aromatic rings. The molecule has 0 N–H and O–H groups in total. The van der Waals surface area contributed by atoms with Crippen molar-refractivity contribution in [2.75, 3.05) is 46.1 Å². The predicted octanol–water partition coefficient (Wildman–Crippen LogP) is 2.06. The molecule has 0 saturated carbocycles. The minimum Gasteiger partial charge on any atom is -0.382 e. The zero-order chi connectivity index (χ0) is 12.8. The van der Waals surface area contributed by atoms with Crippen LogP contribution >= 0.6 is 0 Å². The molecule has 0 unspecified atom stereocenters. The van der Waals surface area contributed by atoms with Gasteiger partial charge in [-0.2, -0.15) is 5.26 Å². The van der Waals surface area contributed by atoms with Crippen molar-refractivity contribution in [3.63, 3.8) is 0 Å². The highest BCUT2D eigenvalue weighted by molar-refractivity contribution is 4.72. The summed E-state index contributed by atoms with van der Waals surface area (Å²) in [6, 6.07) is 2.20. The standard InChI is InChI=1S/C13H26N2O2/c1-3-16-12-6-10-15(9-5-8-14)11-7-13-17-4-2/h3-7,9-13H2,1-2H3. The fraction of sp³-hybridized carbons (Fsp3) is 0.923. The van der Waals surface area contributed by atoms with Crippen LogP contribution in [0.1, 0.15) is 33.1 Å².